The summed E-state index contributed by atoms with van der Waals surface area (Å²) in [4.78, 5) is 0. The van der Waals surface area contributed by atoms with Crippen LogP contribution in [0.15, 0.2) is 0 Å². The second kappa shape index (κ2) is 3.85. The van der Waals surface area contributed by atoms with Gasteiger partial charge in [-0.2, -0.15) is 8.42 Å². The van der Waals surface area contributed by atoms with E-state index in [1.807, 2.05) is 6.92 Å². The molecule has 0 aliphatic heterocycles. The van der Waals surface area contributed by atoms with Crippen molar-refractivity contribution in [1.82, 2.24) is 0 Å². The minimum absolute atomic E-state index is 0.315. The third kappa shape index (κ3) is 7.91. The molecule has 0 saturated carbocycles. The molecular formula is C5H12O3S. The fourth-order valence-corrected chi connectivity index (χ4v) is 0.775. The molecule has 0 spiro atoms. The van der Waals surface area contributed by atoms with Crippen LogP contribution in [-0.4, -0.2) is 21.3 Å². The predicted molar refractivity (Wildman–Crippen MR) is 35.7 cm³/mol. The van der Waals surface area contributed by atoms with Gasteiger partial charge in [0.2, 0.25) is 0 Å². The first-order valence-corrected chi connectivity index (χ1v) is 4.72. The van der Waals surface area contributed by atoms with Crippen LogP contribution in [0.4, 0.5) is 0 Å². The maximum Gasteiger partial charge on any atom is 0.264 e. The van der Waals surface area contributed by atoms with Crippen molar-refractivity contribution in [1.29, 1.82) is 0 Å². The normalized spacial score (nSPS) is 11.8. The topological polar surface area (TPSA) is 43.4 Å². The van der Waals surface area contributed by atoms with Crippen molar-refractivity contribution in [3.05, 3.63) is 0 Å². The van der Waals surface area contributed by atoms with Crippen LogP contribution in [0.25, 0.3) is 0 Å². The molecule has 0 saturated heterocycles. The summed E-state index contributed by atoms with van der Waals surface area (Å²) in [6, 6.07) is 0. The highest BCUT2D eigenvalue weighted by Gasteiger charge is 1.98. The first-order chi connectivity index (χ1) is 4.06. The van der Waals surface area contributed by atoms with Crippen LogP contribution in [-0.2, 0) is 14.3 Å². The lowest BCUT2D eigenvalue weighted by Gasteiger charge is -1.96. The molecule has 0 rings (SSSR count). The van der Waals surface area contributed by atoms with Gasteiger partial charge in [0.05, 0.1) is 12.9 Å². The summed E-state index contributed by atoms with van der Waals surface area (Å²) in [5.74, 6) is 0. The van der Waals surface area contributed by atoms with E-state index in [0.717, 1.165) is 19.1 Å². The van der Waals surface area contributed by atoms with Crippen LogP contribution in [0.1, 0.15) is 19.8 Å². The van der Waals surface area contributed by atoms with Crippen LogP contribution in [0, 0.1) is 0 Å². The Morgan fingerprint density at radius 3 is 2.44 bits per heavy atom. The number of rotatable bonds is 4. The van der Waals surface area contributed by atoms with Gasteiger partial charge in [-0.05, 0) is 6.42 Å². The van der Waals surface area contributed by atoms with E-state index in [0.29, 0.717) is 6.61 Å². The maximum absolute atomic E-state index is 10.3. The highest BCUT2D eigenvalue weighted by molar-refractivity contribution is 7.85. The molecule has 3 nitrogen and oxygen atoms in total. The molecule has 0 unspecified atom stereocenters. The van der Waals surface area contributed by atoms with Gasteiger partial charge in [0, 0.05) is 0 Å². The summed E-state index contributed by atoms with van der Waals surface area (Å²) in [6.45, 7) is 2.29. The minimum Gasteiger partial charge on any atom is -0.270 e. The van der Waals surface area contributed by atoms with Gasteiger partial charge in [0.1, 0.15) is 0 Å². The molecule has 4 heteroatoms. The van der Waals surface area contributed by atoms with E-state index in [1.165, 1.54) is 0 Å². The largest absolute Gasteiger partial charge is 0.270 e. The molecule has 0 bridgehead atoms. The molecule has 0 aromatic heterocycles. The fraction of sp³-hybridized carbons (Fsp3) is 1.00. The Balaban J connectivity index is 3.30. The molecule has 0 aliphatic rings. The SMILES string of the molecule is CCC[14CH2]OS(C)(=O)=O. The molecule has 0 fully saturated rings. The summed E-state index contributed by atoms with van der Waals surface area (Å²) in [5.41, 5.74) is 0. The van der Waals surface area contributed by atoms with Crippen molar-refractivity contribution in [3.63, 3.8) is 0 Å². The molecule has 0 radical (unpaired) electrons. The van der Waals surface area contributed by atoms with Gasteiger partial charge in [-0.1, -0.05) is 13.3 Å². The number of unbranched alkanes of at least 4 members (excludes halogenated alkanes) is 1. The minimum atomic E-state index is -3.20. The predicted octanol–water partition coefficient (Wildman–Crippen LogP) is 0.763. The summed E-state index contributed by atoms with van der Waals surface area (Å²) in [7, 11) is -3.20. The number of hydrogen-bond acceptors (Lipinski definition) is 3. The average molecular weight is 154 g/mol. The van der Waals surface area contributed by atoms with Gasteiger partial charge >= 0.3 is 0 Å². The van der Waals surface area contributed by atoms with E-state index in [2.05, 4.69) is 4.18 Å². The molecule has 0 N–H and O–H groups in total. The van der Waals surface area contributed by atoms with Crippen molar-refractivity contribution in [2.45, 2.75) is 19.8 Å². The van der Waals surface area contributed by atoms with Crippen LogP contribution in [0.5, 0.6) is 0 Å². The molecule has 0 amide bonds. The maximum atomic E-state index is 10.3. The zero-order chi connectivity index (χ0) is 7.33. The van der Waals surface area contributed by atoms with Crippen molar-refractivity contribution >= 4 is 10.1 Å². The monoisotopic (exact) mass is 154 g/mol. The first-order valence-electron chi connectivity index (χ1n) is 2.90. The van der Waals surface area contributed by atoms with E-state index in [-0.39, 0.29) is 0 Å². The van der Waals surface area contributed by atoms with Crippen molar-refractivity contribution < 1.29 is 12.6 Å². The quantitative estimate of drug-likeness (QED) is 0.443. The molecular weight excluding hydrogens is 142 g/mol. The Morgan fingerprint density at radius 1 is 1.56 bits per heavy atom. The van der Waals surface area contributed by atoms with Gasteiger partial charge in [-0.25, -0.2) is 0 Å². The molecule has 0 aliphatic carbocycles. The Morgan fingerprint density at radius 2 is 2.11 bits per heavy atom. The Hall–Kier alpha value is -0.0900. The molecule has 0 atom stereocenters. The summed E-state index contributed by atoms with van der Waals surface area (Å²) < 4.78 is 25.0. The van der Waals surface area contributed by atoms with E-state index in [1.54, 1.807) is 0 Å². The van der Waals surface area contributed by atoms with E-state index >= 15 is 0 Å². The molecule has 0 aromatic rings. The molecule has 0 aromatic carbocycles. The highest BCUT2D eigenvalue weighted by atomic mass is 32.2. The lowest BCUT2D eigenvalue weighted by Crippen LogP contribution is -2.03. The molecule has 56 valence electrons. The zero-order valence-electron chi connectivity index (χ0n) is 5.75. The van der Waals surface area contributed by atoms with Crippen LogP contribution >= 0.6 is 0 Å². The van der Waals surface area contributed by atoms with E-state index in [4.69, 9.17) is 0 Å². The smallest absolute Gasteiger partial charge is 0.264 e. The lowest BCUT2D eigenvalue weighted by atomic mass is 10.5. The van der Waals surface area contributed by atoms with Crippen LogP contribution in [0.2, 0.25) is 0 Å². The first kappa shape index (κ1) is 8.91. The lowest BCUT2D eigenvalue weighted by molar-refractivity contribution is 0.314. The van der Waals surface area contributed by atoms with Gasteiger partial charge in [0.25, 0.3) is 10.1 Å². The zero-order valence-corrected chi connectivity index (χ0v) is 6.57. The Kier molecular flexibility index (Phi) is 3.81. The summed E-state index contributed by atoms with van der Waals surface area (Å²) in [6.07, 6.45) is 2.81. The van der Waals surface area contributed by atoms with Crippen LogP contribution < -0.4 is 0 Å². The summed E-state index contributed by atoms with van der Waals surface area (Å²) >= 11 is 0. The van der Waals surface area contributed by atoms with Crippen LogP contribution in [0.3, 0.4) is 0 Å². The van der Waals surface area contributed by atoms with Crippen molar-refractivity contribution in [3.8, 4) is 0 Å². The van der Waals surface area contributed by atoms with Gasteiger partial charge in [-0.3, -0.25) is 4.18 Å². The standard InChI is InChI=1S/C5H12O3S/c1-3-4-5-8-9(2,6)7/h3-5H2,1-2H3/i5+2. The van der Waals surface area contributed by atoms with E-state index < -0.39 is 10.1 Å². The highest BCUT2D eigenvalue weighted by Crippen LogP contribution is 1.91. The Labute approximate surface area is 56.1 Å². The van der Waals surface area contributed by atoms with Gasteiger partial charge in [0.15, 0.2) is 0 Å². The van der Waals surface area contributed by atoms with Gasteiger partial charge in [-0.15, -0.1) is 0 Å². The second-order valence-electron chi connectivity index (χ2n) is 1.88. The third-order valence-corrected chi connectivity index (χ3v) is 1.39. The third-order valence-electron chi connectivity index (χ3n) is 0.795. The fourth-order valence-electron chi connectivity index (χ4n) is 0.355. The molecule has 9 heavy (non-hydrogen) atoms. The second-order valence-corrected chi connectivity index (χ2v) is 3.52. The number of hydrogen-bond donors (Lipinski definition) is 0. The van der Waals surface area contributed by atoms with Gasteiger partial charge < -0.3 is 0 Å². The molecule has 0 heterocycles. The Bertz CT molecular complexity index is 148. The van der Waals surface area contributed by atoms with Crippen molar-refractivity contribution in [2.75, 3.05) is 12.9 Å². The summed E-state index contributed by atoms with van der Waals surface area (Å²) in [5, 5.41) is 0. The van der Waals surface area contributed by atoms with Crippen molar-refractivity contribution in [2.24, 2.45) is 0 Å². The average Bonchev–Trinajstić information content (AvgIpc) is 1.63. The van der Waals surface area contributed by atoms with E-state index in [9.17, 15) is 8.42 Å².